The van der Waals surface area contributed by atoms with Crippen LogP contribution in [0, 0.1) is 12.8 Å². The minimum absolute atomic E-state index is 0.0779. The molecule has 10 heteroatoms. The van der Waals surface area contributed by atoms with E-state index >= 15 is 0 Å². The summed E-state index contributed by atoms with van der Waals surface area (Å²) in [6.07, 6.45) is 3.02. The number of hydrogen-bond acceptors (Lipinski definition) is 3. The Labute approximate surface area is 244 Å². The minimum Gasteiger partial charge on any atom is -0.381 e. The minimum atomic E-state index is -4.50. The van der Waals surface area contributed by atoms with Gasteiger partial charge in [-0.3, -0.25) is 4.79 Å². The van der Waals surface area contributed by atoms with Crippen LogP contribution in [-0.2, 0) is 27.7 Å². The molecule has 41 heavy (non-hydrogen) atoms. The Morgan fingerprint density at radius 3 is 2.34 bits per heavy atom. The third-order valence-electron chi connectivity index (χ3n) is 8.39. The van der Waals surface area contributed by atoms with E-state index in [1.165, 1.54) is 19.3 Å². The normalized spacial score (nSPS) is 19.2. The maximum atomic E-state index is 13.5. The first kappa shape index (κ1) is 31.8. The van der Waals surface area contributed by atoms with Gasteiger partial charge in [0.2, 0.25) is 0 Å². The first-order valence-corrected chi connectivity index (χ1v) is 15.9. The lowest BCUT2D eigenvalue weighted by molar-refractivity contribution is -0.146. The highest BCUT2D eigenvalue weighted by Gasteiger charge is 2.37. The number of benzene rings is 1. The van der Waals surface area contributed by atoms with Crippen molar-refractivity contribution < 1.29 is 26.9 Å². The van der Waals surface area contributed by atoms with Gasteiger partial charge in [-0.2, -0.15) is 13.2 Å². The van der Waals surface area contributed by atoms with Crippen LogP contribution in [0.2, 0.25) is 0 Å². The molecule has 0 spiro atoms. The second-order valence-electron chi connectivity index (χ2n) is 12.6. The first-order chi connectivity index (χ1) is 19.3. The van der Waals surface area contributed by atoms with Crippen LogP contribution in [0.1, 0.15) is 94.3 Å². The zero-order chi connectivity index (χ0) is 29.9. The number of nitrogens with one attached hydrogen (secondary N) is 2. The van der Waals surface area contributed by atoms with E-state index in [9.17, 15) is 22.2 Å². The van der Waals surface area contributed by atoms with Crippen molar-refractivity contribution in [3.63, 3.8) is 0 Å². The van der Waals surface area contributed by atoms with Gasteiger partial charge in [0.25, 0.3) is 5.91 Å². The highest BCUT2D eigenvalue weighted by Crippen LogP contribution is 2.36. The van der Waals surface area contributed by atoms with E-state index in [0.29, 0.717) is 35.2 Å². The number of aromatic nitrogens is 1. The van der Waals surface area contributed by atoms with E-state index in [4.69, 9.17) is 4.74 Å². The molecule has 2 unspecified atom stereocenters. The lowest BCUT2D eigenvalue weighted by Crippen LogP contribution is -2.41. The molecule has 2 heterocycles. The van der Waals surface area contributed by atoms with Crippen molar-refractivity contribution in [3.05, 3.63) is 41.1 Å². The summed E-state index contributed by atoms with van der Waals surface area (Å²) in [5, 5.41) is 3.19. The fourth-order valence-electron chi connectivity index (χ4n) is 5.81. The second kappa shape index (κ2) is 13.0. The van der Waals surface area contributed by atoms with Gasteiger partial charge in [0.1, 0.15) is 17.0 Å². The van der Waals surface area contributed by atoms with Gasteiger partial charge in [0, 0.05) is 37.2 Å². The lowest BCUT2D eigenvalue weighted by atomic mass is 9.85. The van der Waals surface area contributed by atoms with Gasteiger partial charge in [0.05, 0.1) is 10.5 Å². The number of halogens is 3. The van der Waals surface area contributed by atoms with Crippen molar-refractivity contribution in [2.45, 2.75) is 115 Å². The largest absolute Gasteiger partial charge is 0.404 e. The van der Waals surface area contributed by atoms with E-state index < -0.39 is 28.6 Å². The van der Waals surface area contributed by atoms with E-state index in [1.807, 2.05) is 45.9 Å². The summed E-state index contributed by atoms with van der Waals surface area (Å²) in [6, 6.07) is 5.51. The summed E-state index contributed by atoms with van der Waals surface area (Å²) in [7, 11) is -2.06. The van der Waals surface area contributed by atoms with Crippen LogP contribution < -0.4 is 10.0 Å². The molecule has 1 amide bonds. The Hall–Kier alpha value is -2.17. The number of carbonyl (C=O) groups is 1. The summed E-state index contributed by atoms with van der Waals surface area (Å²) in [5.74, 6) is 0.416. The molecule has 1 saturated carbocycles. The van der Waals surface area contributed by atoms with Crippen molar-refractivity contribution in [2.75, 3.05) is 13.2 Å². The summed E-state index contributed by atoms with van der Waals surface area (Å²) < 4.78 is 62.6. The standard InChI is InChI=1S/C31H44F3N3O3S/c1-20-25(29(38)35-24-13-15-40-16-14-24)18-27(37(20)19-22-9-7-6-8-10-22)23-11-12-28(26(17-23)30(3,4)5)41(39)36-21(2)31(32,33)34/h11-12,17-18,21-22,24,36H,6-10,13-16,19H2,1-5H3,(H,35,38). The van der Waals surface area contributed by atoms with E-state index in [-0.39, 0.29) is 11.9 Å². The highest BCUT2D eigenvalue weighted by atomic mass is 32.2. The van der Waals surface area contributed by atoms with Gasteiger partial charge in [-0.25, -0.2) is 8.93 Å². The Morgan fingerprint density at radius 1 is 1.07 bits per heavy atom. The SMILES string of the molecule is Cc1c(C(=O)NC2CCOCC2)cc(-c2ccc(S(=O)NC(C)C(F)(F)F)c(C(C)(C)C)c2)n1CC1CCCCC1. The second-order valence-corrected chi connectivity index (χ2v) is 13.8. The van der Waals surface area contributed by atoms with Crippen molar-refractivity contribution in [1.82, 2.24) is 14.6 Å². The number of rotatable bonds is 8. The van der Waals surface area contributed by atoms with Crippen molar-refractivity contribution in [3.8, 4) is 11.3 Å². The average molecular weight is 596 g/mol. The number of ether oxygens (including phenoxy) is 1. The molecule has 1 saturated heterocycles. The van der Waals surface area contributed by atoms with Crippen LogP contribution in [0.4, 0.5) is 13.2 Å². The fraction of sp³-hybridized carbons (Fsp3) is 0.645. The number of nitrogens with zero attached hydrogens (tertiary/aromatic N) is 1. The van der Waals surface area contributed by atoms with Crippen molar-refractivity contribution in [1.29, 1.82) is 0 Å². The van der Waals surface area contributed by atoms with Crippen LogP contribution in [0.5, 0.6) is 0 Å². The summed E-state index contributed by atoms with van der Waals surface area (Å²) >= 11 is 0. The molecule has 1 aliphatic carbocycles. The third-order valence-corrected chi connectivity index (χ3v) is 9.71. The topological polar surface area (TPSA) is 72.4 Å². The molecule has 2 atom stereocenters. The molecule has 2 N–H and O–H groups in total. The summed E-state index contributed by atoms with van der Waals surface area (Å²) in [4.78, 5) is 13.8. The predicted octanol–water partition coefficient (Wildman–Crippen LogP) is 6.81. The summed E-state index contributed by atoms with van der Waals surface area (Å²) in [6.45, 7) is 10.9. The molecule has 228 valence electrons. The molecule has 0 bridgehead atoms. The van der Waals surface area contributed by atoms with Crippen LogP contribution in [0.15, 0.2) is 29.2 Å². The Balaban J connectivity index is 1.73. The molecular weight excluding hydrogens is 551 g/mol. The third kappa shape index (κ3) is 7.82. The molecule has 6 nitrogen and oxygen atoms in total. The molecular formula is C31H44F3N3O3S. The van der Waals surface area contributed by atoms with E-state index in [0.717, 1.165) is 56.1 Å². The molecule has 1 aromatic heterocycles. The maximum Gasteiger partial charge on any atom is 0.404 e. The monoisotopic (exact) mass is 595 g/mol. The molecule has 1 aliphatic heterocycles. The molecule has 0 radical (unpaired) electrons. The zero-order valence-electron chi connectivity index (χ0n) is 24.8. The van der Waals surface area contributed by atoms with Gasteiger partial charge in [-0.05, 0) is 80.2 Å². The number of amides is 1. The van der Waals surface area contributed by atoms with Crippen LogP contribution >= 0.6 is 0 Å². The van der Waals surface area contributed by atoms with Gasteiger partial charge in [-0.1, -0.05) is 46.1 Å². The van der Waals surface area contributed by atoms with Crippen LogP contribution in [0.25, 0.3) is 11.3 Å². The van der Waals surface area contributed by atoms with Crippen LogP contribution in [-0.4, -0.2) is 46.2 Å². The average Bonchev–Trinajstić information content (AvgIpc) is 3.24. The molecule has 2 aromatic rings. The Morgan fingerprint density at radius 2 is 1.73 bits per heavy atom. The molecule has 4 rings (SSSR count). The van der Waals surface area contributed by atoms with Gasteiger partial charge in [-0.15, -0.1) is 0 Å². The van der Waals surface area contributed by atoms with E-state index in [1.54, 1.807) is 6.07 Å². The lowest BCUT2D eigenvalue weighted by Gasteiger charge is -2.26. The van der Waals surface area contributed by atoms with E-state index in [2.05, 4.69) is 14.6 Å². The molecule has 2 aliphatic rings. The Bertz CT molecular complexity index is 1240. The number of alkyl halides is 3. The highest BCUT2D eigenvalue weighted by molar-refractivity contribution is 7.83. The van der Waals surface area contributed by atoms with Crippen molar-refractivity contribution >= 4 is 16.9 Å². The van der Waals surface area contributed by atoms with Crippen LogP contribution in [0.3, 0.4) is 0 Å². The first-order valence-electron chi connectivity index (χ1n) is 14.7. The van der Waals surface area contributed by atoms with Gasteiger partial charge >= 0.3 is 6.18 Å². The maximum absolute atomic E-state index is 13.5. The molecule has 2 fully saturated rings. The summed E-state index contributed by atoms with van der Waals surface area (Å²) in [5.41, 5.74) is 3.50. The van der Waals surface area contributed by atoms with Gasteiger partial charge in [0.15, 0.2) is 0 Å². The van der Waals surface area contributed by atoms with Crippen molar-refractivity contribution in [2.24, 2.45) is 5.92 Å². The fourth-order valence-corrected chi connectivity index (χ4v) is 7.15. The predicted molar refractivity (Wildman–Crippen MR) is 156 cm³/mol. The smallest absolute Gasteiger partial charge is 0.381 e. The molecule has 1 aromatic carbocycles. The van der Waals surface area contributed by atoms with Gasteiger partial charge < -0.3 is 14.6 Å². The number of hydrogen-bond donors (Lipinski definition) is 2. The number of carbonyl (C=O) groups excluding carboxylic acids is 1. The zero-order valence-corrected chi connectivity index (χ0v) is 25.6. The quantitative estimate of drug-likeness (QED) is 0.352. The Kier molecular flexibility index (Phi) is 10.1.